The number of hydrogen-bond donors (Lipinski definition) is 1. The van der Waals surface area contributed by atoms with Crippen LogP contribution in [0.15, 0.2) is 0 Å². The van der Waals surface area contributed by atoms with Crippen molar-refractivity contribution < 1.29 is 18.0 Å². The van der Waals surface area contributed by atoms with E-state index < -0.39 is 12.2 Å². The van der Waals surface area contributed by atoms with Gasteiger partial charge in [-0.15, -0.1) is 0 Å². The first-order valence-electron chi connectivity index (χ1n) is 4.69. The second-order valence-corrected chi connectivity index (χ2v) is 4.33. The van der Waals surface area contributed by atoms with Gasteiger partial charge in [-0.25, -0.2) is 9.59 Å². The summed E-state index contributed by atoms with van der Waals surface area (Å²) in [5.41, 5.74) is 0. The highest BCUT2D eigenvalue weighted by atomic mass is 127. The third-order valence-corrected chi connectivity index (χ3v) is 2.56. The van der Waals surface area contributed by atoms with Crippen molar-refractivity contribution in [3.63, 3.8) is 0 Å². The minimum Gasteiger partial charge on any atom is -0.337 e. The molecule has 6 nitrogen and oxygen atoms in total. The van der Waals surface area contributed by atoms with Gasteiger partial charge >= 0.3 is 24.5 Å². The van der Waals surface area contributed by atoms with E-state index in [0.29, 0.717) is 0 Å². The molecule has 0 aliphatic heterocycles. The SMILES string of the molecule is O=C(NCC=S)OSOC(=O)N(CC#CI)CC=S. The number of rotatable bonds is 7. The average Bonchev–Trinajstić information content (AvgIpc) is 2.40. The first-order chi connectivity index (χ1) is 9.15. The molecule has 0 aliphatic carbocycles. The van der Waals surface area contributed by atoms with Gasteiger partial charge in [-0.2, -0.15) is 0 Å². The fourth-order valence-corrected chi connectivity index (χ4v) is 1.46. The lowest BCUT2D eigenvalue weighted by Gasteiger charge is -2.15. The van der Waals surface area contributed by atoms with Crippen LogP contribution in [0.5, 0.6) is 0 Å². The molecule has 0 rings (SSSR count). The highest BCUT2D eigenvalue weighted by Crippen LogP contribution is 2.08. The molecule has 2 amide bonds. The topological polar surface area (TPSA) is 67.9 Å². The van der Waals surface area contributed by atoms with E-state index in [0.717, 1.165) is 0 Å². The van der Waals surface area contributed by atoms with Crippen LogP contribution in [0.4, 0.5) is 9.59 Å². The number of hydrogen-bond acceptors (Lipinski definition) is 7. The zero-order valence-electron chi connectivity index (χ0n) is 9.46. The molecule has 104 valence electrons. The van der Waals surface area contributed by atoms with Gasteiger partial charge in [0.05, 0.1) is 13.1 Å². The van der Waals surface area contributed by atoms with Crippen LogP contribution in [-0.2, 0) is 8.37 Å². The molecule has 0 spiro atoms. The molecule has 0 aliphatic rings. The van der Waals surface area contributed by atoms with Crippen LogP contribution in [0, 0.1) is 9.85 Å². The highest BCUT2D eigenvalue weighted by molar-refractivity contribution is 14.1. The van der Waals surface area contributed by atoms with Crippen molar-refractivity contribution >= 4 is 82.3 Å². The predicted molar refractivity (Wildman–Crippen MR) is 89.2 cm³/mol. The van der Waals surface area contributed by atoms with Crippen molar-refractivity contribution in [3.05, 3.63) is 0 Å². The number of carbonyl (C=O) groups is 2. The quantitative estimate of drug-likeness (QED) is 0.286. The molecular weight excluding hydrogens is 423 g/mol. The van der Waals surface area contributed by atoms with Gasteiger partial charge in [0.1, 0.15) is 0 Å². The molecule has 0 aromatic heterocycles. The van der Waals surface area contributed by atoms with Gasteiger partial charge in [-0.1, -0.05) is 30.4 Å². The summed E-state index contributed by atoms with van der Waals surface area (Å²) in [5.74, 6) is 2.69. The second kappa shape index (κ2) is 12.4. The molecule has 0 radical (unpaired) electrons. The summed E-state index contributed by atoms with van der Waals surface area (Å²) < 4.78 is 11.8. The largest absolute Gasteiger partial charge is 0.425 e. The van der Waals surface area contributed by atoms with Crippen LogP contribution in [0.25, 0.3) is 0 Å². The van der Waals surface area contributed by atoms with Crippen LogP contribution >= 0.6 is 59.4 Å². The molecule has 0 aromatic rings. The van der Waals surface area contributed by atoms with Crippen LogP contribution in [-0.4, -0.2) is 47.5 Å². The van der Waals surface area contributed by atoms with Gasteiger partial charge in [0.15, 0.2) is 0 Å². The van der Waals surface area contributed by atoms with E-state index in [1.54, 1.807) is 0 Å². The van der Waals surface area contributed by atoms with E-state index in [1.165, 1.54) is 15.6 Å². The van der Waals surface area contributed by atoms with Gasteiger partial charge < -0.3 is 13.7 Å². The third kappa shape index (κ3) is 9.88. The Balaban J connectivity index is 4.03. The number of thiocarbonyl (C=S) groups is 2. The summed E-state index contributed by atoms with van der Waals surface area (Å²) in [6.45, 7) is 0.564. The molecule has 0 saturated heterocycles. The van der Waals surface area contributed by atoms with E-state index in [1.807, 2.05) is 22.6 Å². The molecule has 0 saturated carbocycles. The monoisotopic (exact) mass is 432 g/mol. The number of halogens is 1. The predicted octanol–water partition coefficient (Wildman–Crippen LogP) is 2.11. The van der Waals surface area contributed by atoms with Crippen molar-refractivity contribution in [2.24, 2.45) is 0 Å². The molecule has 0 aromatic carbocycles. The van der Waals surface area contributed by atoms with Crippen LogP contribution in [0.3, 0.4) is 0 Å². The summed E-state index contributed by atoms with van der Waals surface area (Å²) in [7, 11) is 0. The fraction of sp³-hybridized carbons (Fsp3) is 0.333. The van der Waals surface area contributed by atoms with Crippen molar-refractivity contribution in [1.29, 1.82) is 0 Å². The molecule has 0 unspecified atom stereocenters. The Bertz CT molecular complexity index is 397. The lowest BCUT2D eigenvalue weighted by Crippen LogP contribution is -2.32. The lowest BCUT2D eigenvalue weighted by molar-refractivity contribution is 0.167. The molecule has 0 atom stereocenters. The summed E-state index contributed by atoms with van der Waals surface area (Å²) in [6, 6.07) is 0. The number of carbonyl (C=O) groups excluding carboxylic acids is 2. The molecule has 0 fully saturated rings. The van der Waals surface area contributed by atoms with Crippen molar-refractivity contribution in [1.82, 2.24) is 10.2 Å². The standard InChI is InChI=1S/C9H9IN2O4S3/c10-2-1-4-12(5-7-18)9(14)16-19-15-8(13)11-3-6-17/h6-7H,3-5H2,(H,11,13). The van der Waals surface area contributed by atoms with Crippen LogP contribution in [0.2, 0.25) is 0 Å². The Hall–Kier alpha value is -0.640. The maximum absolute atomic E-state index is 11.5. The smallest absolute Gasteiger partial charge is 0.337 e. The fourth-order valence-electron chi connectivity index (χ4n) is 0.703. The van der Waals surface area contributed by atoms with Crippen molar-refractivity contribution in [3.8, 4) is 9.85 Å². The van der Waals surface area contributed by atoms with Crippen molar-refractivity contribution in [2.45, 2.75) is 0 Å². The zero-order valence-corrected chi connectivity index (χ0v) is 14.1. The summed E-state index contributed by atoms with van der Waals surface area (Å²) in [5, 5.41) is 4.99. The Morgan fingerprint density at radius 1 is 1.37 bits per heavy atom. The number of nitrogens with zero attached hydrogens (tertiary/aromatic N) is 1. The van der Waals surface area contributed by atoms with E-state index >= 15 is 0 Å². The maximum atomic E-state index is 11.5. The minimum atomic E-state index is -0.757. The molecule has 10 heteroatoms. The Morgan fingerprint density at radius 2 is 2.11 bits per heavy atom. The van der Waals surface area contributed by atoms with E-state index in [-0.39, 0.29) is 32.0 Å². The molecule has 0 bridgehead atoms. The zero-order chi connectivity index (χ0) is 14.5. The lowest BCUT2D eigenvalue weighted by atomic mass is 10.5. The Kier molecular flexibility index (Phi) is 12.0. The van der Waals surface area contributed by atoms with Gasteiger partial charge in [0.2, 0.25) is 0 Å². The highest BCUT2D eigenvalue weighted by Gasteiger charge is 2.15. The first kappa shape index (κ1) is 18.4. The Morgan fingerprint density at radius 3 is 2.68 bits per heavy atom. The van der Waals surface area contributed by atoms with Crippen LogP contribution < -0.4 is 5.32 Å². The van der Waals surface area contributed by atoms with Gasteiger partial charge in [0.25, 0.3) is 0 Å². The van der Waals surface area contributed by atoms with E-state index in [9.17, 15) is 9.59 Å². The normalized spacial score (nSPS) is 8.47. The maximum Gasteiger partial charge on any atom is 0.425 e. The van der Waals surface area contributed by atoms with E-state index in [4.69, 9.17) is 0 Å². The number of nitrogens with one attached hydrogen (secondary N) is 1. The average molecular weight is 432 g/mol. The minimum absolute atomic E-state index is 0.173. The number of amides is 2. The third-order valence-electron chi connectivity index (χ3n) is 1.43. The van der Waals surface area contributed by atoms with Crippen LogP contribution in [0.1, 0.15) is 0 Å². The van der Waals surface area contributed by atoms with Gasteiger partial charge in [0, 0.05) is 29.1 Å². The molecule has 1 N–H and O–H groups in total. The summed E-state index contributed by atoms with van der Waals surface area (Å²) >= 11 is 11.3. The Labute approximate surface area is 139 Å². The first-order valence-corrected chi connectivity index (χ1v) is 7.38. The molecule has 19 heavy (non-hydrogen) atoms. The van der Waals surface area contributed by atoms with Crippen molar-refractivity contribution in [2.75, 3.05) is 19.6 Å². The molecular formula is C9H9IN2O4S3. The molecule has 0 heterocycles. The van der Waals surface area contributed by atoms with Gasteiger partial charge in [-0.05, 0) is 14.7 Å². The summed E-state index contributed by atoms with van der Waals surface area (Å²) in [6.07, 6.45) is -1.46. The van der Waals surface area contributed by atoms with E-state index in [2.05, 4.69) is 48.0 Å². The summed E-state index contributed by atoms with van der Waals surface area (Å²) in [4.78, 5) is 23.8. The van der Waals surface area contributed by atoms with Gasteiger partial charge in [-0.3, -0.25) is 4.90 Å². The second-order valence-electron chi connectivity index (χ2n) is 2.65.